The number of benzene rings is 2. The van der Waals surface area contributed by atoms with E-state index in [-0.39, 0.29) is 18.4 Å². The zero-order chi connectivity index (χ0) is 24.3. The first kappa shape index (κ1) is 25.6. The third-order valence-electron chi connectivity index (χ3n) is 6.13. The molecule has 0 saturated carbocycles. The molecule has 0 unspecified atom stereocenters. The highest BCUT2D eigenvalue weighted by atomic mass is 16.5. The molecule has 34 heavy (non-hydrogen) atoms. The van der Waals surface area contributed by atoms with Crippen LogP contribution in [0.25, 0.3) is 0 Å². The summed E-state index contributed by atoms with van der Waals surface area (Å²) < 4.78 is 10.8. The second kappa shape index (κ2) is 13.0. The van der Waals surface area contributed by atoms with Gasteiger partial charge in [0.25, 0.3) is 0 Å². The van der Waals surface area contributed by atoms with E-state index >= 15 is 0 Å². The maximum absolute atomic E-state index is 13.1. The third kappa shape index (κ3) is 6.75. The van der Waals surface area contributed by atoms with E-state index in [9.17, 15) is 9.59 Å². The van der Waals surface area contributed by atoms with Crippen LogP contribution in [0.2, 0.25) is 0 Å². The Morgan fingerprint density at radius 3 is 2.47 bits per heavy atom. The van der Waals surface area contributed by atoms with Gasteiger partial charge in [0.2, 0.25) is 5.91 Å². The summed E-state index contributed by atoms with van der Waals surface area (Å²) in [6.45, 7) is 8.63. The van der Waals surface area contributed by atoms with E-state index in [0.29, 0.717) is 24.5 Å². The third-order valence-corrected chi connectivity index (χ3v) is 6.13. The lowest BCUT2D eigenvalue weighted by atomic mass is 9.97. The largest absolute Gasteiger partial charge is 0.493 e. The Hall–Kier alpha value is -3.02. The van der Waals surface area contributed by atoms with Crippen molar-refractivity contribution in [2.45, 2.75) is 65.3 Å². The van der Waals surface area contributed by atoms with Crippen molar-refractivity contribution in [2.24, 2.45) is 0 Å². The number of piperidine rings is 1. The summed E-state index contributed by atoms with van der Waals surface area (Å²) in [5, 5.41) is 3.27. The Morgan fingerprint density at radius 1 is 1.00 bits per heavy atom. The number of hydrogen-bond donors (Lipinski definition) is 1. The summed E-state index contributed by atoms with van der Waals surface area (Å²) in [7, 11) is 0. The van der Waals surface area contributed by atoms with Crippen LogP contribution in [-0.4, -0.2) is 38.2 Å². The van der Waals surface area contributed by atoms with Crippen molar-refractivity contribution >= 4 is 17.6 Å². The van der Waals surface area contributed by atoms with Crippen LogP contribution < -0.4 is 15.0 Å². The van der Waals surface area contributed by atoms with Crippen LogP contribution >= 0.6 is 0 Å². The molecule has 1 fully saturated rings. The second-order valence-electron chi connectivity index (χ2n) is 8.68. The molecule has 0 aromatic heterocycles. The zero-order valence-corrected chi connectivity index (χ0v) is 20.8. The molecule has 1 aliphatic rings. The van der Waals surface area contributed by atoms with Gasteiger partial charge < -0.3 is 19.7 Å². The number of hydrogen-bond acceptors (Lipinski definition) is 5. The maximum atomic E-state index is 13.1. The highest BCUT2D eigenvalue weighted by Gasteiger charge is 2.22. The van der Waals surface area contributed by atoms with Gasteiger partial charge in [0.05, 0.1) is 25.7 Å². The second-order valence-corrected chi connectivity index (χ2v) is 8.68. The molecule has 0 spiro atoms. The molecule has 1 atom stereocenters. The van der Waals surface area contributed by atoms with Crippen LogP contribution in [0.4, 0.5) is 5.69 Å². The summed E-state index contributed by atoms with van der Waals surface area (Å²) in [5.74, 6) is -0.00989. The number of ether oxygens (including phenoxy) is 2. The number of nitrogens with one attached hydrogen (secondary N) is 1. The molecule has 6 heteroatoms. The van der Waals surface area contributed by atoms with E-state index < -0.39 is 5.97 Å². The molecule has 1 heterocycles. The van der Waals surface area contributed by atoms with E-state index in [0.717, 1.165) is 31.5 Å². The maximum Gasteiger partial charge on any atom is 0.341 e. The van der Waals surface area contributed by atoms with Crippen molar-refractivity contribution in [3.63, 3.8) is 0 Å². The van der Waals surface area contributed by atoms with Crippen LogP contribution in [-0.2, 0) is 16.0 Å². The number of carbonyl (C=O) groups is 2. The van der Waals surface area contributed by atoms with Gasteiger partial charge in [-0.25, -0.2) is 4.79 Å². The van der Waals surface area contributed by atoms with E-state index in [2.05, 4.69) is 41.4 Å². The summed E-state index contributed by atoms with van der Waals surface area (Å²) in [5.41, 5.74) is 3.60. The molecule has 0 radical (unpaired) electrons. The molecule has 1 saturated heterocycles. The molecule has 3 rings (SSSR count). The Labute approximate surface area is 203 Å². The number of nitrogens with zero attached hydrogens (tertiary/aromatic N) is 1. The van der Waals surface area contributed by atoms with Gasteiger partial charge in [-0.1, -0.05) is 37.6 Å². The Balaban J connectivity index is 1.76. The Bertz CT molecular complexity index is 953. The van der Waals surface area contributed by atoms with Gasteiger partial charge in [-0.15, -0.1) is 0 Å². The van der Waals surface area contributed by atoms with E-state index in [4.69, 9.17) is 9.47 Å². The standard InChI is InChI=1S/C28H38N2O4/c1-4-12-24(22-13-8-9-14-25(22)30-17-10-7-11-18-30)29-27(31)20-21-15-16-23(28(32)34-6-3)26(19-21)33-5-2/h8-9,13-16,19,24H,4-7,10-12,17-18,20H2,1-3H3,(H,29,31)/t24-/m0/s1. The predicted molar refractivity (Wildman–Crippen MR) is 136 cm³/mol. The zero-order valence-electron chi connectivity index (χ0n) is 20.8. The molecule has 2 aromatic rings. The molecule has 6 nitrogen and oxygen atoms in total. The fraction of sp³-hybridized carbons (Fsp3) is 0.500. The lowest BCUT2D eigenvalue weighted by Crippen LogP contribution is -2.34. The van der Waals surface area contributed by atoms with Gasteiger partial charge in [-0.3, -0.25) is 4.79 Å². The van der Waals surface area contributed by atoms with Gasteiger partial charge in [0, 0.05) is 18.8 Å². The van der Waals surface area contributed by atoms with E-state index in [1.807, 2.05) is 6.92 Å². The molecule has 1 amide bonds. The van der Waals surface area contributed by atoms with E-state index in [1.54, 1.807) is 25.1 Å². The smallest absolute Gasteiger partial charge is 0.341 e. The van der Waals surface area contributed by atoms with Crippen LogP contribution in [0, 0.1) is 0 Å². The molecular formula is C28H38N2O4. The molecular weight excluding hydrogens is 428 g/mol. The van der Waals surface area contributed by atoms with Gasteiger partial charge in [0.15, 0.2) is 0 Å². The minimum Gasteiger partial charge on any atom is -0.493 e. The average Bonchev–Trinajstić information content (AvgIpc) is 2.85. The highest BCUT2D eigenvalue weighted by molar-refractivity contribution is 5.93. The number of carbonyl (C=O) groups excluding carboxylic acids is 2. The normalized spacial score (nSPS) is 14.4. The molecule has 0 bridgehead atoms. The Kier molecular flexibility index (Phi) is 9.80. The van der Waals surface area contributed by atoms with Crippen molar-refractivity contribution < 1.29 is 19.1 Å². The fourth-order valence-electron chi connectivity index (χ4n) is 4.56. The van der Waals surface area contributed by atoms with Gasteiger partial charge >= 0.3 is 5.97 Å². The number of amides is 1. The fourth-order valence-corrected chi connectivity index (χ4v) is 4.56. The minimum absolute atomic E-state index is 0.0409. The molecule has 184 valence electrons. The van der Waals surface area contributed by atoms with Gasteiger partial charge in [-0.2, -0.15) is 0 Å². The predicted octanol–water partition coefficient (Wildman–Crippen LogP) is 5.45. The molecule has 1 aliphatic heterocycles. The first-order valence-corrected chi connectivity index (χ1v) is 12.6. The lowest BCUT2D eigenvalue weighted by Gasteiger charge is -2.32. The summed E-state index contributed by atoms with van der Waals surface area (Å²) in [6, 6.07) is 13.7. The van der Waals surface area contributed by atoms with Gasteiger partial charge in [0.1, 0.15) is 11.3 Å². The van der Waals surface area contributed by atoms with Crippen molar-refractivity contribution in [3.8, 4) is 5.75 Å². The quantitative estimate of drug-likeness (QED) is 0.446. The monoisotopic (exact) mass is 466 g/mol. The first-order valence-electron chi connectivity index (χ1n) is 12.6. The van der Waals surface area contributed by atoms with Gasteiger partial charge in [-0.05, 0) is 68.9 Å². The highest BCUT2D eigenvalue weighted by Crippen LogP contribution is 2.31. The molecule has 2 aromatic carbocycles. The van der Waals surface area contributed by atoms with E-state index in [1.165, 1.54) is 30.5 Å². The van der Waals surface area contributed by atoms with Crippen LogP contribution in [0.5, 0.6) is 5.75 Å². The SMILES string of the molecule is CCC[C@H](NC(=O)Cc1ccc(C(=O)OCC)c(OCC)c1)c1ccccc1N1CCCCC1. The summed E-state index contributed by atoms with van der Waals surface area (Å²) >= 11 is 0. The number of esters is 1. The van der Waals surface area contributed by atoms with Crippen molar-refractivity contribution in [1.82, 2.24) is 5.32 Å². The number of para-hydroxylation sites is 1. The van der Waals surface area contributed by atoms with Crippen molar-refractivity contribution in [2.75, 3.05) is 31.2 Å². The number of anilines is 1. The van der Waals surface area contributed by atoms with Crippen molar-refractivity contribution in [1.29, 1.82) is 0 Å². The Morgan fingerprint density at radius 2 is 1.76 bits per heavy atom. The van der Waals surface area contributed by atoms with Crippen LogP contribution in [0.1, 0.15) is 80.4 Å². The molecule has 1 N–H and O–H groups in total. The molecule has 0 aliphatic carbocycles. The van der Waals surface area contributed by atoms with Crippen LogP contribution in [0.3, 0.4) is 0 Å². The van der Waals surface area contributed by atoms with Crippen molar-refractivity contribution in [3.05, 3.63) is 59.2 Å². The van der Waals surface area contributed by atoms with Crippen LogP contribution in [0.15, 0.2) is 42.5 Å². The topological polar surface area (TPSA) is 67.9 Å². The minimum atomic E-state index is -0.417. The average molecular weight is 467 g/mol. The summed E-state index contributed by atoms with van der Waals surface area (Å²) in [6.07, 6.45) is 5.78. The number of rotatable bonds is 11. The first-order chi connectivity index (χ1) is 16.6. The summed E-state index contributed by atoms with van der Waals surface area (Å²) in [4.78, 5) is 27.8. The lowest BCUT2D eigenvalue weighted by molar-refractivity contribution is -0.121.